The maximum absolute atomic E-state index is 13.8. The maximum Gasteiger partial charge on any atom is 0.207 e. The van der Waals surface area contributed by atoms with Crippen LogP contribution in [0.4, 0.5) is 0 Å². The van der Waals surface area contributed by atoms with E-state index in [0.717, 1.165) is 25.7 Å². The summed E-state index contributed by atoms with van der Waals surface area (Å²) in [6.45, 7) is 6.59. The topological polar surface area (TPSA) is 43.4 Å². The van der Waals surface area contributed by atoms with Crippen molar-refractivity contribution in [1.82, 2.24) is 0 Å². The van der Waals surface area contributed by atoms with E-state index in [2.05, 4.69) is 51.4 Å². The minimum Gasteiger partial charge on any atom is -0.541 e. The van der Waals surface area contributed by atoms with E-state index in [4.69, 9.17) is 4.52 Å². The standard InChI is InChI=1S/C35H70NO3P/c1-7-10-12-14-16-18-20-22-24-26-28-30-33(37)35(39-40,32(9-3)36(4,5)6)34(38)31-29-27-25-23-21-19-17-15-13-11-8-2/h32,40H,7-31H2,1-6H3. The molecule has 1 unspecified atom stereocenters. The molecule has 0 radical (unpaired) electrons. The molecule has 0 aromatic rings. The van der Waals surface area contributed by atoms with E-state index in [1.807, 2.05) is 0 Å². The van der Waals surface area contributed by atoms with Crippen molar-refractivity contribution in [2.24, 2.45) is 0 Å². The average molecular weight is 584 g/mol. The minimum atomic E-state index is -1.40. The summed E-state index contributed by atoms with van der Waals surface area (Å²) in [5.41, 5.74) is -1.40. The van der Waals surface area contributed by atoms with Crippen LogP contribution in [0.2, 0.25) is 0 Å². The fourth-order valence-electron chi connectivity index (χ4n) is 6.36. The predicted octanol–water partition coefficient (Wildman–Crippen LogP) is 10.8. The van der Waals surface area contributed by atoms with Crippen molar-refractivity contribution in [3.05, 3.63) is 0 Å². The normalized spacial score (nSPS) is 13.1. The van der Waals surface area contributed by atoms with Gasteiger partial charge in [-0.3, -0.25) is 9.59 Å². The first-order chi connectivity index (χ1) is 19.2. The molecule has 5 heteroatoms. The molecule has 0 aliphatic carbocycles. The molecule has 238 valence electrons. The van der Waals surface area contributed by atoms with E-state index in [9.17, 15) is 9.59 Å². The van der Waals surface area contributed by atoms with Gasteiger partial charge in [0.25, 0.3) is 0 Å². The molecule has 0 aromatic carbocycles. The highest BCUT2D eigenvalue weighted by atomic mass is 31.0. The number of carbonyl (C=O) groups excluding carboxylic acids is 2. The average Bonchev–Trinajstić information content (AvgIpc) is 2.92. The second-order valence-electron chi connectivity index (χ2n) is 13.3. The lowest BCUT2D eigenvalue weighted by Gasteiger charge is -2.47. The number of ketones is 2. The summed E-state index contributed by atoms with van der Waals surface area (Å²) >= 11 is 0. The van der Waals surface area contributed by atoms with Crippen LogP contribution in [0.1, 0.15) is 181 Å². The van der Waals surface area contributed by atoms with Crippen molar-refractivity contribution in [1.29, 1.82) is 0 Å². The molecule has 0 aliphatic rings. The van der Waals surface area contributed by atoms with Crippen molar-refractivity contribution in [3.63, 3.8) is 0 Å². The third-order valence-electron chi connectivity index (χ3n) is 8.80. The quantitative estimate of drug-likeness (QED) is 0.0365. The summed E-state index contributed by atoms with van der Waals surface area (Å²) in [5.74, 6) is -0.0715. The van der Waals surface area contributed by atoms with E-state index in [0.29, 0.717) is 23.7 Å². The number of Topliss-reactive ketones (excluding diaryl/α,β-unsaturated/α-hetero) is 2. The molecule has 0 bridgehead atoms. The van der Waals surface area contributed by atoms with Crippen LogP contribution < -0.4 is 0 Å². The van der Waals surface area contributed by atoms with Gasteiger partial charge in [0.2, 0.25) is 5.60 Å². The highest BCUT2D eigenvalue weighted by Crippen LogP contribution is 2.34. The number of quaternary nitrogens is 1. The molecule has 0 aromatic heterocycles. The van der Waals surface area contributed by atoms with Gasteiger partial charge in [-0.1, -0.05) is 149 Å². The molecule has 40 heavy (non-hydrogen) atoms. The summed E-state index contributed by atoms with van der Waals surface area (Å²) in [6, 6.07) is -0.217. The first-order valence-electron chi connectivity index (χ1n) is 17.4. The highest BCUT2D eigenvalue weighted by molar-refractivity contribution is 7.10. The van der Waals surface area contributed by atoms with Gasteiger partial charge in [0.15, 0.2) is 11.6 Å². The Kier molecular flexibility index (Phi) is 25.0. The molecule has 0 saturated carbocycles. The fourth-order valence-corrected chi connectivity index (χ4v) is 6.72. The van der Waals surface area contributed by atoms with E-state index >= 15 is 0 Å². The molecule has 1 atom stereocenters. The Balaban J connectivity index is 4.69. The van der Waals surface area contributed by atoms with E-state index < -0.39 is 5.60 Å². The van der Waals surface area contributed by atoms with Crippen LogP contribution in [0.3, 0.4) is 0 Å². The molecular formula is C35H70NO3P. The molecule has 0 saturated heterocycles. The van der Waals surface area contributed by atoms with Crippen LogP contribution in [0.25, 0.3) is 0 Å². The molecule has 0 heterocycles. The van der Waals surface area contributed by atoms with Gasteiger partial charge in [0, 0.05) is 19.3 Å². The molecule has 4 nitrogen and oxygen atoms in total. The second kappa shape index (κ2) is 25.2. The molecular weight excluding hydrogens is 513 g/mol. The lowest BCUT2D eigenvalue weighted by molar-refractivity contribution is -0.900. The van der Waals surface area contributed by atoms with E-state index in [-0.39, 0.29) is 17.6 Å². The third-order valence-corrected chi connectivity index (χ3v) is 9.12. The predicted molar refractivity (Wildman–Crippen MR) is 176 cm³/mol. The Bertz CT molecular complexity index is 578. The number of hydrogen-bond acceptors (Lipinski definition) is 3. The van der Waals surface area contributed by atoms with Crippen LogP contribution in [-0.4, -0.2) is 48.8 Å². The van der Waals surface area contributed by atoms with Crippen molar-refractivity contribution in [2.45, 2.75) is 193 Å². The molecule has 0 N–H and O–H groups in total. The smallest absolute Gasteiger partial charge is 0.207 e. The van der Waals surface area contributed by atoms with Crippen molar-refractivity contribution < 1.29 is 18.6 Å². The summed E-state index contributed by atoms with van der Waals surface area (Å²) in [7, 11) is 9.47. The molecule has 0 aliphatic heterocycles. The van der Waals surface area contributed by atoms with Crippen LogP contribution in [0.5, 0.6) is 0 Å². The molecule has 0 spiro atoms. The highest BCUT2D eigenvalue weighted by Gasteiger charge is 2.53. The lowest BCUT2D eigenvalue weighted by atomic mass is 9.78. The van der Waals surface area contributed by atoms with Gasteiger partial charge in [-0.2, -0.15) is 0 Å². The Morgan fingerprint density at radius 1 is 0.550 bits per heavy atom. The summed E-state index contributed by atoms with van der Waals surface area (Å²) in [6.07, 6.45) is 28.9. The zero-order valence-corrected chi connectivity index (χ0v) is 28.9. The number of likely N-dealkylation sites (N-methyl/N-ethyl adjacent to an activating group) is 1. The molecule has 0 rings (SSSR count). The van der Waals surface area contributed by atoms with Crippen molar-refractivity contribution in [3.8, 4) is 0 Å². The Morgan fingerprint density at radius 3 is 1.05 bits per heavy atom. The van der Waals surface area contributed by atoms with Crippen molar-refractivity contribution >= 4 is 21.0 Å². The van der Waals surface area contributed by atoms with Gasteiger partial charge in [-0.05, 0) is 12.8 Å². The number of nitrogens with zero attached hydrogens (tertiary/aromatic N) is 1. The second-order valence-corrected chi connectivity index (χ2v) is 13.5. The first kappa shape index (κ1) is 39.7. The van der Waals surface area contributed by atoms with Gasteiger partial charge in [-0.15, -0.1) is 0 Å². The molecule has 0 fully saturated rings. The number of carbonyl (C=O) groups is 2. The first-order valence-corrected chi connectivity index (χ1v) is 17.8. The summed E-state index contributed by atoms with van der Waals surface area (Å²) in [4.78, 5) is 27.5. The van der Waals surface area contributed by atoms with E-state index in [1.54, 1.807) is 0 Å². The fraction of sp³-hybridized carbons (Fsp3) is 0.943. The summed E-state index contributed by atoms with van der Waals surface area (Å²) in [5, 5.41) is 0. The van der Waals surface area contributed by atoms with Gasteiger partial charge < -0.3 is 18.5 Å². The van der Waals surface area contributed by atoms with Gasteiger partial charge in [-0.25, -0.2) is 0 Å². The minimum absolute atomic E-state index is 0.0357. The lowest BCUT2D eigenvalue weighted by Crippen LogP contribution is -2.66. The van der Waals surface area contributed by atoms with Crippen LogP contribution in [0.15, 0.2) is 0 Å². The number of unbranched alkanes of at least 4 members (excludes halogenated alkanes) is 20. The van der Waals surface area contributed by atoms with E-state index in [1.165, 1.54) is 116 Å². The monoisotopic (exact) mass is 584 g/mol. The third kappa shape index (κ3) is 17.0. The van der Waals surface area contributed by atoms with Crippen LogP contribution in [0, 0.1) is 0 Å². The van der Waals surface area contributed by atoms with Crippen LogP contribution in [-0.2, 0) is 14.1 Å². The summed E-state index contributed by atoms with van der Waals surface area (Å²) < 4.78 is 6.36. The zero-order chi connectivity index (χ0) is 30.1. The number of hydrogen-bond donors (Lipinski definition) is 0. The maximum atomic E-state index is 13.8. The SMILES string of the molecule is CCCCCCCCCCCCCC(=O)C(O[PH-])(C(=O)CCCCCCCCCCCCC)C(CC)[N+](C)(C)C. The Hall–Kier alpha value is -0.310. The Labute approximate surface area is 253 Å². The van der Waals surface area contributed by atoms with Gasteiger partial charge >= 0.3 is 0 Å². The molecule has 0 amide bonds. The van der Waals surface area contributed by atoms with Gasteiger partial charge in [0.05, 0.1) is 21.1 Å². The van der Waals surface area contributed by atoms with Crippen molar-refractivity contribution in [2.75, 3.05) is 21.1 Å². The number of rotatable bonds is 30. The Morgan fingerprint density at radius 2 is 0.825 bits per heavy atom. The largest absolute Gasteiger partial charge is 0.541 e. The zero-order valence-electron chi connectivity index (χ0n) is 27.9. The van der Waals surface area contributed by atoms with Gasteiger partial charge in [0.1, 0.15) is 6.04 Å². The van der Waals surface area contributed by atoms with Crippen LogP contribution >= 0.6 is 9.47 Å².